The van der Waals surface area contributed by atoms with E-state index in [-0.39, 0.29) is 5.91 Å². The van der Waals surface area contributed by atoms with Gasteiger partial charge in [0, 0.05) is 12.1 Å². The summed E-state index contributed by atoms with van der Waals surface area (Å²) >= 11 is 0. The highest BCUT2D eigenvalue weighted by atomic mass is 16.5. The molecule has 1 aromatic carbocycles. The van der Waals surface area contributed by atoms with Gasteiger partial charge in [0.25, 0.3) is 5.91 Å². The molecular formula is C14H22N2O2. The van der Waals surface area contributed by atoms with Crippen LogP contribution in [0.4, 0.5) is 5.69 Å². The number of benzene rings is 1. The predicted octanol–water partition coefficient (Wildman–Crippen LogP) is 2.44. The van der Waals surface area contributed by atoms with Gasteiger partial charge in [-0.05, 0) is 24.1 Å². The molecular weight excluding hydrogens is 228 g/mol. The molecule has 0 heterocycles. The Morgan fingerprint density at radius 3 is 2.56 bits per heavy atom. The molecule has 4 heteroatoms. The number of ether oxygens (including phenoxy) is 1. The lowest BCUT2D eigenvalue weighted by Crippen LogP contribution is -2.28. The minimum absolute atomic E-state index is 0.0868. The van der Waals surface area contributed by atoms with Gasteiger partial charge in [-0.2, -0.15) is 0 Å². The number of rotatable bonds is 6. The van der Waals surface area contributed by atoms with E-state index in [0.717, 1.165) is 12.8 Å². The number of nitrogen functional groups attached to an aromatic ring is 1. The molecule has 0 saturated heterocycles. The lowest BCUT2D eigenvalue weighted by Gasteiger charge is -2.13. The van der Waals surface area contributed by atoms with Crippen LogP contribution in [-0.2, 0) is 0 Å². The van der Waals surface area contributed by atoms with Crippen LogP contribution < -0.4 is 15.8 Å². The SMILES string of the molecule is CCC(CC)CNC(=O)c1ccc(OC)c(N)c1. The summed E-state index contributed by atoms with van der Waals surface area (Å²) in [6, 6.07) is 5.07. The van der Waals surface area contributed by atoms with E-state index >= 15 is 0 Å². The molecule has 0 aromatic heterocycles. The number of hydrogen-bond acceptors (Lipinski definition) is 3. The van der Waals surface area contributed by atoms with Crippen molar-refractivity contribution in [2.24, 2.45) is 5.92 Å². The molecule has 0 aliphatic rings. The maximum atomic E-state index is 11.9. The Hall–Kier alpha value is -1.71. The van der Waals surface area contributed by atoms with Crippen molar-refractivity contribution >= 4 is 11.6 Å². The molecule has 1 amide bonds. The summed E-state index contributed by atoms with van der Waals surface area (Å²) in [4.78, 5) is 11.9. The average molecular weight is 250 g/mol. The number of nitrogens with one attached hydrogen (secondary N) is 1. The highest BCUT2D eigenvalue weighted by molar-refractivity contribution is 5.95. The highest BCUT2D eigenvalue weighted by Gasteiger charge is 2.10. The van der Waals surface area contributed by atoms with Gasteiger partial charge in [0.2, 0.25) is 0 Å². The van der Waals surface area contributed by atoms with Crippen molar-refractivity contribution in [3.8, 4) is 5.75 Å². The largest absolute Gasteiger partial charge is 0.495 e. The fourth-order valence-corrected chi connectivity index (χ4v) is 1.79. The van der Waals surface area contributed by atoms with Crippen LogP contribution in [0, 0.1) is 5.92 Å². The summed E-state index contributed by atoms with van der Waals surface area (Å²) in [5.74, 6) is 1.03. The number of nitrogens with two attached hydrogens (primary N) is 1. The molecule has 0 radical (unpaired) electrons. The molecule has 1 aromatic rings. The van der Waals surface area contributed by atoms with E-state index in [9.17, 15) is 4.79 Å². The third kappa shape index (κ3) is 3.65. The smallest absolute Gasteiger partial charge is 0.251 e. The van der Waals surface area contributed by atoms with Crippen molar-refractivity contribution in [1.29, 1.82) is 0 Å². The Bertz CT molecular complexity index is 401. The van der Waals surface area contributed by atoms with Gasteiger partial charge >= 0.3 is 0 Å². The van der Waals surface area contributed by atoms with Gasteiger partial charge in [-0.1, -0.05) is 26.7 Å². The second-order valence-electron chi connectivity index (χ2n) is 4.35. The summed E-state index contributed by atoms with van der Waals surface area (Å²) in [5, 5.41) is 2.93. The lowest BCUT2D eigenvalue weighted by molar-refractivity contribution is 0.0946. The Morgan fingerprint density at radius 2 is 2.06 bits per heavy atom. The highest BCUT2D eigenvalue weighted by Crippen LogP contribution is 2.21. The zero-order chi connectivity index (χ0) is 13.5. The van der Waals surface area contributed by atoms with Gasteiger partial charge in [0.15, 0.2) is 0 Å². The molecule has 0 atom stereocenters. The summed E-state index contributed by atoms with van der Waals surface area (Å²) in [6.45, 7) is 4.97. The molecule has 0 unspecified atom stereocenters. The van der Waals surface area contributed by atoms with Crippen molar-refractivity contribution < 1.29 is 9.53 Å². The second-order valence-corrected chi connectivity index (χ2v) is 4.35. The Morgan fingerprint density at radius 1 is 1.39 bits per heavy atom. The second kappa shape index (κ2) is 6.89. The van der Waals surface area contributed by atoms with Crippen molar-refractivity contribution in [2.45, 2.75) is 26.7 Å². The zero-order valence-electron chi connectivity index (χ0n) is 11.3. The molecule has 1 rings (SSSR count). The molecule has 4 nitrogen and oxygen atoms in total. The van der Waals surface area contributed by atoms with Gasteiger partial charge in [-0.3, -0.25) is 4.79 Å². The minimum Gasteiger partial charge on any atom is -0.495 e. The van der Waals surface area contributed by atoms with Crippen LogP contribution in [-0.4, -0.2) is 19.6 Å². The van der Waals surface area contributed by atoms with Crippen LogP contribution >= 0.6 is 0 Å². The fourth-order valence-electron chi connectivity index (χ4n) is 1.79. The Kier molecular flexibility index (Phi) is 5.49. The van der Waals surface area contributed by atoms with Crippen molar-refractivity contribution in [3.63, 3.8) is 0 Å². The molecule has 3 N–H and O–H groups in total. The topological polar surface area (TPSA) is 64.3 Å². The zero-order valence-corrected chi connectivity index (χ0v) is 11.3. The minimum atomic E-state index is -0.0868. The number of carbonyl (C=O) groups is 1. The number of carbonyl (C=O) groups excluding carboxylic acids is 1. The van der Waals surface area contributed by atoms with E-state index in [2.05, 4.69) is 19.2 Å². The first-order valence-electron chi connectivity index (χ1n) is 6.34. The van der Waals surface area contributed by atoms with Gasteiger partial charge < -0.3 is 15.8 Å². The number of methoxy groups -OCH3 is 1. The molecule has 0 aliphatic carbocycles. The van der Waals surface area contributed by atoms with Gasteiger partial charge in [-0.25, -0.2) is 0 Å². The van der Waals surface area contributed by atoms with Crippen molar-refractivity contribution in [1.82, 2.24) is 5.32 Å². The normalized spacial score (nSPS) is 10.4. The van der Waals surface area contributed by atoms with Crippen LogP contribution in [0.15, 0.2) is 18.2 Å². The molecule has 0 bridgehead atoms. The summed E-state index contributed by atoms with van der Waals surface area (Å²) in [5.41, 5.74) is 6.82. The maximum Gasteiger partial charge on any atom is 0.251 e. The fraction of sp³-hybridized carbons (Fsp3) is 0.500. The van der Waals surface area contributed by atoms with E-state index in [1.165, 1.54) is 0 Å². The first-order chi connectivity index (χ1) is 8.62. The van der Waals surface area contributed by atoms with Crippen LogP contribution in [0.5, 0.6) is 5.75 Å². The third-order valence-corrected chi connectivity index (χ3v) is 3.20. The van der Waals surface area contributed by atoms with Gasteiger partial charge in [0.1, 0.15) is 5.75 Å². The van der Waals surface area contributed by atoms with Gasteiger partial charge in [-0.15, -0.1) is 0 Å². The average Bonchev–Trinajstić information content (AvgIpc) is 2.39. The van der Waals surface area contributed by atoms with Crippen LogP contribution in [0.2, 0.25) is 0 Å². The van der Waals surface area contributed by atoms with Crippen molar-refractivity contribution in [3.05, 3.63) is 23.8 Å². The van der Waals surface area contributed by atoms with E-state index in [0.29, 0.717) is 29.5 Å². The first kappa shape index (κ1) is 14.4. The first-order valence-corrected chi connectivity index (χ1v) is 6.34. The molecule has 0 fully saturated rings. The molecule has 0 aliphatic heterocycles. The summed E-state index contributed by atoms with van der Waals surface area (Å²) < 4.78 is 5.06. The maximum absolute atomic E-state index is 11.9. The number of amides is 1. The van der Waals surface area contributed by atoms with E-state index in [1.807, 2.05) is 0 Å². The van der Waals surface area contributed by atoms with Crippen LogP contribution in [0.1, 0.15) is 37.0 Å². The van der Waals surface area contributed by atoms with Gasteiger partial charge in [0.05, 0.1) is 12.8 Å². The van der Waals surface area contributed by atoms with Crippen molar-refractivity contribution in [2.75, 3.05) is 19.4 Å². The molecule has 18 heavy (non-hydrogen) atoms. The van der Waals surface area contributed by atoms with Crippen LogP contribution in [0.25, 0.3) is 0 Å². The number of anilines is 1. The number of hydrogen-bond donors (Lipinski definition) is 2. The third-order valence-electron chi connectivity index (χ3n) is 3.20. The standard InChI is InChI=1S/C14H22N2O2/c1-4-10(5-2)9-16-14(17)11-6-7-13(18-3)12(15)8-11/h6-8,10H,4-5,9,15H2,1-3H3,(H,16,17). The predicted molar refractivity (Wildman–Crippen MR) is 73.8 cm³/mol. The van der Waals surface area contributed by atoms with E-state index < -0.39 is 0 Å². The Labute approximate surface area is 109 Å². The molecule has 0 saturated carbocycles. The molecule has 100 valence electrons. The Balaban J connectivity index is 2.64. The summed E-state index contributed by atoms with van der Waals surface area (Å²) in [6.07, 6.45) is 2.14. The monoisotopic (exact) mass is 250 g/mol. The van der Waals surface area contributed by atoms with Crippen LogP contribution in [0.3, 0.4) is 0 Å². The lowest BCUT2D eigenvalue weighted by atomic mass is 10.0. The molecule has 0 spiro atoms. The quantitative estimate of drug-likeness (QED) is 0.762. The van der Waals surface area contributed by atoms with E-state index in [1.54, 1.807) is 25.3 Å². The van der Waals surface area contributed by atoms with E-state index in [4.69, 9.17) is 10.5 Å². The summed E-state index contributed by atoms with van der Waals surface area (Å²) in [7, 11) is 1.55.